The normalized spacial score (nSPS) is 22.7. The van der Waals surface area contributed by atoms with Gasteiger partial charge in [0, 0.05) is 33.4 Å². The number of likely N-dealkylation sites (N-methyl/N-ethyl adjacent to an activating group) is 1. The maximum Gasteiger partial charge on any atom is 0.251 e. The number of amides is 1. The molecule has 0 saturated carbocycles. The van der Waals surface area contributed by atoms with Crippen LogP contribution < -0.4 is 5.73 Å². The van der Waals surface area contributed by atoms with E-state index in [1.54, 1.807) is 19.1 Å². The lowest BCUT2D eigenvalue weighted by Gasteiger charge is -2.23. The van der Waals surface area contributed by atoms with Gasteiger partial charge in [0.15, 0.2) is 0 Å². The van der Waals surface area contributed by atoms with Crippen LogP contribution in [-0.4, -0.2) is 56.9 Å². The van der Waals surface area contributed by atoms with E-state index in [-0.39, 0.29) is 18.1 Å². The monoisotopic (exact) mass is 216 g/mol. The molecule has 5 nitrogen and oxygen atoms in total. The van der Waals surface area contributed by atoms with E-state index in [9.17, 15) is 4.79 Å². The third kappa shape index (κ3) is 3.77. The molecule has 2 N–H and O–H groups in total. The maximum absolute atomic E-state index is 11.8. The van der Waals surface area contributed by atoms with Gasteiger partial charge in [0.05, 0.1) is 6.61 Å². The van der Waals surface area contributed by atoms with Gasteiger partial charge in [0.25, 0.3) is 5.91 Å². The molecule has 1 fully saturated rings. The number of methoxy groups -OCH3 is 1. The Morgan fingerprint density at radius 3 is 3.00 bits per heavy atom. The highest BCUT2D eigenvalue weighted by molar-refractivity contribution is 5.80. The van der Waals surface area contributed by atoms with E-state index in [1.165, 1.54) is 0 Å². The van der Waals surface area contributed by atoms with Crippen molar-refractivity contribution < 1.29 is 14.3 Å². The zero-order valence-corrected chi connectivity index (χ0v) is 9.44. The van der Waals surface area contributed by atoms with Crippen LogP contribution in [0.25, 0.3) is 0 Å². The summed E-state index contributed by atoms with van der Waals surface area (Å²) in [7, 11) is 3.35. The van der Waals surface area contributed by atoms with Gasteiger partial charge in [-0.3, -0.25) is 4.79 Å². The molecule has 15 heavy (non-hydrogen) atoms. The van der Waals surface area contributed by atoms with Crippen molar-refractivity contribution in [1.29, 1.82) is 0 Å². The molecule has 1 aliphatic rings. The van der Waals surface area contributed by atoms with E-state index in [2.05, 4.69) is 0 Å². The summed E-state index contributed by atoms with van der Waals surface area (Å²) in [5.74, 6) is 0.0269. The first-order chi connectivity index (χ1) is 7.15. The van der Waals surface area contributed by atoms with Gasteiger partial charge in [-0.1, -0.05) is 0 Å². The predicted octanol–water partition coefficient (Wildman–Crippen LogP) is -0.402. The molecular formula is C10H20N2O3. The molecule has 5 heteroatoms. The highest BCUT2D eigenvalue weighted by Crippen LogP contribution is 2.13. The minimum atomic E-state index is -0.259. The second-order valence-corrected chi connectivity index (χ2v) is 3.94. The molecule has 88 valence electrons. The molecule has 2 unspecified atom stereocenters. The van der Waals surface area contributed by atoms with E-state index in [1.807, 2.05) is 0 Å². The Morgan fingerprint density at radius 2 is 2.47 bits per heavy atom. The van der Waals surface area contributed by atoms with E-state index in [4.69, 9.17) is 15.2 Å². The van der Waals surface area contributed by atoms with Crippen molar-refractivity contribution in [3.05, 3.63) is 0 Å². The number of carbonyl (C=O) groups is 1. The molecule has 2 atom stereocenters. The van der Waals surface area contributed by atoms with Crippen molar-refractivity contribution in [1.82, 2.24) is 4.90 Å². The molecule has 1 rings (SSSR count). The molecule has 1 heterocycles. The van der Waals surface area contributed by atoms with Gasteiger partial charge >= 0.3 is 0 Å². The molecule has 1 amide bonds. The number of ether oxygens (including phenoxy) is 2. The summed E-state index contributed by atoms with van der Waals surface area (Å²) in [6.45, 7) is 1.66. The van der Waals surface area contributed by atoms with Gasteiger partial charge in [0.1, 0.15) is 6.10 Å². The van der Waals surface area contributed by atoms with Crippen LogP contribution in [-0.2, 0) is 14.3 Å². The molecule has 0 aromatic rings. The Morgan fingerprint density at radius 1 is 1.73 bits per heavy atom. The van der Waals surface area contributed by atoms with Gasteiger partial charge in [-0.25, -0.2) is 0 Å². The van der Waals surface area contributed by atoms with Gasteiger partial charge in [-0.05, 0) is 12.8 Å². The van der Waals surface area contributed by atoms with Crippen LogP contribution in [0.4, 0.5) is 0 Å². The molecule has 1 saturated heterocycles. The first-order valence-corrected chi connectivity index (χ1v) is 5.26. The predicted molar refractivity (Wildman–Crippen MR) is 56.5 cm³/mol. The first-order valence-electron chi connectivity index (χ1n) is 5.26. The van der Waals surface area contributed by atoms with Crippen molar-refractivity contribution in [2.45, 2.75) is 25.0 Å². The lowest BCUT2D eigenvalue weighted by molar-refractivity contribution is -0.139. The number of hydrogen-bond acceptors (Lipinski definition) is 4. The van der Waals surface area contributed by atoms with Crippen LogP contribution >= 0.6 is 0 Å². The van der Waals surface area contributed by atoms with Crippen LogP contribution in [0, 0.1) is 0 Å². The lowest BCUT2D eigenvalue weighted by Crippen LogP contribution is -2.44. The second-order valence-electron chi connectivity index (χ2n) is 3.94. The van der Waals surface area contributed by atoms with Crippen molar-refractivity contribution in [3.63, 3.8) is 0 Å². The maximum atomic E-state index is 11.8. The molecule has 0 aromatic heterocycles. The summed E-state index contributed by atoms with van der Waals surface area (Å²) in [4.78, 5) is 13.4. The van der Waals surface area contributed by atoms with Crippen molar-refractivity contribution in [2.24, 2.45) is 5.73 Å². The van der Waals surface area contributed by atoms with Crippen LogP contribution in [0.1, 0.15) is 12.8 Å². The largest absolute Gasteiger partial charge is 0.383 e. The Bertz CT molecular complexity index is 205. The molecule has 0 spiro atoms. The number of nitrogens with zero attached hydrogens (tertiary/aromatic N) is 1. The Balaban J connectivity index is 2.31. The summed E-state index contributed by atoms with van der Waals surface area (Å²) >= 11 is 0. The fourth-order valence-corrected chi connectivity index (χ4v) is 1.73. The summed E-state index contributed by atoms with van der Waals surface area (Å²) in [5.41, 5.74) is 5.76. The molecule has 0 radical (unpaired) electrons. The van der Waals surface area contributed by atoms with Crippen LogP contribution in [0.15, 0.2) is 0 Å². The zero-order chi connectivity index (χ0) is 11.3. The standard InChI is InChI=1S/C10H20N2O3/c1-12(6-8(11)7-14-2)10(13)9-4-3-5-15-9/h8-9H,3-7,11H2,1-2H3. The number of rotatable bonds is 5. The number of carbonyl (C=O) groups excluding carboxylic acids is 1. The lowest BCUT2D eigenvalue weighted by atomic mass is 10.2. The molecule has 0 aromatic carbocycles. The summed E-state index contributed by atoms with van der Waals surface area (Å²) in [6.07, 6.45) is 1.53. The van der Waals surface area contributed by atoms with E-state index in [0.717, 1.165) is 12.8 Å². The molecule has 1 aliphatic heterocycles. The molecular weight excluding hydrogens is 196 g/mol. The van der Waals surface area contributed by atoms with Gasteiger partial charge in [-0.2, -0.15) is 0 Å². The van der Waals surface area contributed by atoms with E-state index < -0.39 is 0 Å². The van der Waals surface area contributed by atoms with Crippen molar-refractivity contribution in [2.75, 3.05) is 33.9 Å². The van der Waals surface area contributed by atoms with Gasteiger partial charge in [-0.15, -0.1) is 0 Å². The topological polar surface area (TPSA) is 64.8 Å². The highest BCUT2D eigenvalue weighted by Gasteiger charge is 2.26. The Labute approximate surface area is 90.5 Å². The van der Waals surface area contributed by atoms with Crippen molar-refractivity contribution >= 4 is 5.91 Å². The number of nitrogens with two attached hydrogens (primary N) is 1. The summed E-state index contributed by atoms with van der Waals surface area (Å²) in [6, 6.07) is -0.134. The molecule has 0 aliphatic carbocycles. The fraction of sp³-hybridized carbons (Fsp3) is 0.900. The SMILES string of the molecule is COCC(N)CN(C)C(=O)C1CCCO1. The smallest absolute Gasteiger partial charge is 0.251 e. The van der Waals surface area contributed by atoms with E-state index in [0.29, 0.717) is 19.8 Å². The average molecular weight is 216 g/mol. The minimum Gasteiger partial charge on any atom is -0.383 e. The van der Waals surface area contributed by atoms with Crippen LogP contribution in [0.3, 0.4) is 0 Å². The average Bonchev–Trinajstić information content (AvgIpc) is 2.69. The fourth-order valence-electron chi connectivity index (χ4n) is 1.73. The third-order valence-corrected chi connectivity index (χ3v) is 2.47. The Hall–Kier alpha value is -0.650. The van der Waals surface area contributed by atoms with Crippen LogP contribution in [0.5, 0.6) is 0 Å². The second kappa shape index (κ2) is 6.05. The quantitative estimate of drug-likeness (QED) is 0.679. The summed E-state index contributed by atoms with van der Waals surface area (Å²) in [5, 5.41) is 0. The molecule has 0 bridgehead atoms. The van der Waals surface area contributed by atoms with Gasteiger partial charge < -0.3 is 20.1 Å². The highest BCUT2D eigenvalue weighted by atomic mass is 16.5. The van der Waals surface area contributed by atoms with Crippen molar-refractivity contribution in [3.8, 4) is 0 Å². The number of hydrogen-bond donors (Lipinski definition) is 1. The van der Waals surface area contributed by atoms with Gasteiger partial charge in [0.2, 0.25) is 0 Å². The zero-order valence-electron chi connectivity index (χ0n) is 9.44. The first kappa shape index (κ1) is 12.4. The van der Waals surface area contributed by atoms with E-state index >= 15 is 0 Å². The Kier molecular flexibility index (Phi) is 5.01. The third-order valence-electron chi connectivity index (χ3n) is 2.47. The van der Waals surface area contributed by atoms with Crippen LogP contribution in [0.2, 0.25) is 0 Å². The minimum absolute atomic E-state index is 0.0269. The summed E-state index contributed by atoms with van der Waals surface area (Å²) < 4.78 is 10.2.